The Morgan fingerprint density at radius 2 is 1.96 bits per heavy atom. The lowest BCUT2D eigenvalue weighted by atomic mass is 10.2. The van der Waals surface area contributed by atoms with Crippen LogP contribution in [0.2, 0.25) is 0 Å². The minimum absolute atomic E-state index is 0.206. The molecule has 27 heavy (non-hydrogen) atoms. The number of carbonyl (C=O) groups excluding carboxylic acids is 1. The molecule has 1 amide bonds. The molecule has 1 fully saturated rings. The zero-order valence-corrected chi connectivity index (χ0v) is 16.4. The molecule has 0 bridgehead atoms. The molecule has 1 aromatic carbocycles. The van der Waals surface area contributed by atoms with E-state index in [0.717, 1.165) is 45.5 Å². The lowest BCUT2D eigenvalue weighted by Gasteiger charge is -2.26. The Balaban J connectivity index is 1.55. The number of para-hydroxylation sites is 2. The van der Waals surface area contributed by atoms with Crippen molar-refractivity contribution in [3.8, 4) is 5.75 Å². The number of sulfonamides is 1. The number of carbonyl (C=O) groups is 1. The van der Waals surface area contributed by atoms with Crippen LogP contribution >= 0.6 is 0 Å². The number of hydrogen-bond acceptors (Lipinski definition) is 6. The first-order chi connectivity index (χ1) is 12.9. The molecule has 1 N–H and O–H groups in total. The predicted octanol–water partition coefficient (Wildman–Crippen LogP) is 0.442. The Labute approximate surface area is 160 Å². The molecule has 2 aliphatic heterocycles. The molecular formula is C18H27N3O5S. The van der Waals surface area contributed by atoms with Gasteiger partial charge in [-0.3, -0.25) is 14.0 Å². The molecule has 2 heterocycles. The highest BCUT2D eigenvalue weighted by molar-refractivity contribution is 7.92. The topological polar surface area (TPSA) is 88.2 Å². The normalized spacial score (nSPS) is 21.1. The van der Waals surface area contributed by atoms with E-state index in [1.165, 1.54) is 4.31 Å². The molecule has 3 rings (SSSR count). The molecule has 0 saturated carbocycles. The first kappa shape index (κ1) is 19.9. The maximum Gasteiger partial charge on any atom is 0.261 e. The second kappa shape index (κ2) is 8.90. The third-order valence-corrected chi connectivity index (χ3v) is 5.92. The number of fused-ring (bicyclic) bond motifs is 1. The van der Waals surface area contributed by atoms with Crippen LogP contribution in [0.1, 0.15) is 12.8 Å². The minimum atomic E-state index is -3.44. The van der Waals surface area contributed by atoms with E-state index in [2.05, 4.69) is 10.2 Å². The third-order valence-electron chi connectivity index (χ3n) is 4.74. The van der Waals surface area contributed by atoms with E-state index in [4.69, 9.17) is 9.47 Å². The molecular weight excluding hydrogens is 370 g/mol. The fourth-order valence-electron chi connectivity index (χ4n) is 3.31. The Morgan fingerprint density at radius 3 is 2.70 bits per heavy atom. The van der Waals surface area contributed by atoms with Crippen LogP contribution in [0.15, 0.2) is 24.3 Å². The Bertz CT molecular complexity index is 749. The van der Waals surface area contributed by atoms with Crippen LogP contribution in [0.25, 0.3) is 0 Å². The number of hydrogen-bond donors (Lipinski definition) is 1. The van der Waals surface area contributed by atoms with Crippen molar-refractivity contribution >= 4 is 21.6 Å². The van der Waals surface area contributed by atoms with Crippen molar-refractivity contribution in [2.24, 2.45) is 0 Å². The molecule has 0 aliphatic carbocycles. The molecule has 2 aliphatic rings. The summed E-state index contributed by atoms with van der Waals surface area (Å²) in [5.41, 5.74) is 0.475. The van der Waals surface area contributed by atoms with Gasteiger partial charge in [0.2, 0.25) is 10.0 Å². The van der Waals surface area contributed by atoms with Crippen LogP contribution in [-0.2, 0) is 19.6 Å². The summed E-state index contributed by atoms with van der Waals surface area (Å²) in [4.78, 5) is 14.8. The molecule has 0 aromatic heterocycles. The van der Waals surface area contributed by atoms with Crippen molar-refractivity contribution < 1.29 is 22.7 Å². The maximum absolute atomic E-state index is 12.5. The summed E-state index contributed by atoms with van der Waals surface area (Å²) < 4.78 is 36.7. The molecule has 0 unspecified atom stereocenters. The van der Waals surface area contributed by atoms with E-state index in [9.17, 15) is 13.2 Å². The van der Waals surface area contributed by atoms with Gasteiger partial charge in [-0.05, 0) is 25.1 Å². The van der Waals surface area contributed by atoms with Gasteiger partial charge in [-0.2, -0.15) is 0 Å². The standard InChI is InChI=1S/C18H27N3O5S/c1-27(23,24)21-10-7-17(26-16-6-3-2-5-15(16)21)18(22)19-8-4-9-20-11-13-25-14-12-20/h2-3,5-6,17H,4,7-14H2,1H3,(H,19,22)/t17-/m0/s1. The lowest BCUT2D eigenvalue weighted by Crippen LogP contribution is -2.41. The van der Waals surface area contributed by atoms with Crippen LogP contribution in [0.4, 0.5) is 5.69 Å². The summed E-state index contributed by atoms with van der Waals surface area (Å²) in [6.45, 7) is 5.07. The molecule has 0 radical (unpaired) electrons. The van der Waals surface area contributed by atoms with Crippen molar-refractivity contribution in [2.45, 2.75) is 18.9 Å². The van der Waals surface area contributed by atoms with Gasteiger partial charge in [-0.15, -0.1) is 0 Å². The summed E-state index contributed by atoms with van der Waals surface area (Å²) in [6, 6.07) is 6.91. The van der Waals surface area contributed by atoms with Crippen LogP contribution in [-0.4, -0.2) is 77.5 Å². The molecule has 1 saturated heterocycles. The quantitative estimate of drug-likeness (QED) is 0.701. The van der Waals surface area contributed by atoms with Gasteiger partial charge >= 0.3 is 0 Å². The minimum Gasteiger partial charge on any atom is -0.478 e. The molecule has 1 aromatic rings. The number of rotatable bonds is 6. The lowest BCUT2D eigenvalue weighted by molar-refractivity contribution is -0.128. The van der Waals surface area contributed by atoms with Gasteiger partial charge in [-0.1, -0.05) is 12.1 Å². The first-order valence-corrected chi connectivity index (χ1v) is 11.1. The van der Waals surface area contributed by atoms with Gasteiger partial charge in [0.25, 0.3) is 5.91 Å². The smallest absolute Gasteiger partial charge is 0.261 e. The van der Waals surface area contributed by atoms with E-state index in [0.29, 0.717) is 24.4 Å². The summed E-state index contributed by atoms with van der Waals surface area (Å²) in [6.07, 6.45) is 1.61. The highest BCUT2D eigenvalue weighted by Gasteiger charge is 2.30. The Morgan fingerprint density at radius 1 is 1.22 bits per heavy atom. The average molecular weight is 397 g/mol. The van der Waals surface area contributed by atoms with Crippen LogP contribution in [0.3, 0.4) is 0 Å². The Hall–Kier alpha value is -1.84. The average Bonchev–Trinajstić information content (AvgIpc) is 2.85. The molecule has 0 spiro atoms. The number of amides is 1. The number of benzene rings is 1. The zero-order valence-electron chi connectivity index (χ0n) is 15.6. The van der Waals surface area contributed by atoms with Crippen molar-refractivity contribution in [3.05, 3.63) is 24.3 Å². The van der Waals surface area contributed by atoms with E-state index in [-0.39, 0.29) is 12.5 Å². The molecule has 150 valence electrons. The SMILES string of the molecule is CS(=O)(=O)N1CC[C@@H](C(=O)NCCCN2CCOCC2)Oc2ccccc21. The number of nitrogens with zero attached hydrogens (tertiary/aromatic N) is 2. The molecule has 8 nitrogen and oxygen atoms in total. The zero-order chi connectivity index (χ0) is 19.3. The van der Waals surface area contributed by atoms with Gasteiger partial charge in [0.15, 0.2) is 6.10 Å². The van der Waals surface area contributed by atoms with Crippen molar-refractivity contribution in [3.63, 3.8) is 0 Å². The van der Waals surface area contributed by atoms with E-state index >= 15 is 0 Å². The van der Waals surface area contributed by atoms with Gasteiger partial charge in [0, 0.05) is 32.6 Å². The number of nitrogens with one attached hydrogen (secondary N) is 1. The van der Waals surface area contributed by atoms with Gasteiger partial charge < -0.3 is 14.8 Å². The number of anilines is 1. The predicted molar refractivity (Wildman–Crippen MR) is 103 cm³/mol. The highest BCUT2D eigenvalue weighted by atomic mass is 32.2. The first-order valence-electron chi connectivity index (χ1n) is 9.26. The van der Waals surface area contributed by atoms with Crippen LogP contribution in [0, 0.1) is 0 Å². The number of ether oxygens (including phenoxy) is 2. The summed E-state index contributed by atoms with van der Waals surface area (Å²) >= 11 is 0. The third kappa shape index (κ3) is 5.33. The van der Waals surface area contributed by atoms with Crippen molar-refractivity contribution in [2.75, 3.05) is 56.5 Å². The van der Waals surface area contributed by atoms with E-state index in [1.807, 2.05) is 0 Å². The van der Waals surface area contributed by atoms with Crippen LogP contribution < -0.4 is 14.4 Å². The summed E-state index contributed by atoms with van der Waals surface area (Å²) in [5.74, 6) is 0.205. The van der Waals surface area contributed by atoms with Crippen molar-refractivity contribution in [1.29, 1.82) is 0 Å². The van der Waals surface area contributed by atoms with Crippen molar-refractivity contribution in [1.82, 2.24) is 10.2 Å². The Kier molecular flexibility index (Phi) is 6.56. The molecule has 1 atom stereocenters. The fourth-order valence-corrected chi connectivity index (χ4v) is 4.26. The monoisotopic (exact) mass is 397 g/mol. The van der Waals surface area contributed by atoms with Gasteiger partial charge in [0.05, 0.1) is 25.2 Å². The summed E-state index contributed by atoms with van der Waals surface area (Å²) in [5, 5.41) is 2.91. The highest BCUT2D eigenvalue weighted by Crippen LogP contribution is 2.33. The van der Waals surface area contributed by atoms with E-state index in [1.54, 1.807) is 24.3 Å². The summed E-state index contributed by atoms with van der Waals surface area (Å²) in [7, 11) is -3.44. The number of morpholine rings is 1. The largest absolute Gasteiger partial charge is 0.478 e. The van der Waals surface area contributed by atoms with Crippen LogP contribution in [0.5, 0.6) is 5.75 Å². The second-order valence-electron chi connectivity index (χ2n) is 6.80. The fraction of sp³-hybridized carbons (Fsp3) is 0.611. The van der Waals surface area contributed by atoms with Gasteiger partial charge in [0.1, 0.15) is 5.75 Å². The second-order valence-corrected chi connectivity index (χ2v) is 8.70. The molecule has 9 heteroatoms. The van der Waals surface area contributed by atoms with E-state index < -0.39 is 16.1 Å². The van der Waals surface area contributed by atoms with Gasteiger partial charge in [-0.25, -0.2) is 8.42 Å². The maximum atomic E-state index is 12.5.